The van der Waals surface area contributed by atoms with Crippen LogP contribution in [0.4, 0.5) is 8.78 Å². The number of carbonyl (C=O) groups excluding carboxylic acids is 1. The van der Waals surface area contributed by atoms with Crippen LogP contribution in [0.3, 0.4) is 0 Å². The third-order valence-electron chi connectivity index (χ3n) is 3.68. The van der Waals surface area contributed by atoms with E-state index < -0.39 is 26.5 Å². The van der Waals surface area contributed by atoms with E-state index in [0.717, 1.165) is 24.3 Å². The smallest absolute Gasteiger partial charge is 0.341 e. The molecule has 146 valence electrons. The second-order valence-electron chi connectivity index (χ2n) is 5.57. The third kappa shape index (κ3) is 4.09. The predicted octanol–water partition coefficient (Wildman–Crippen LogP) is 2.81. The highest BCUT2D eigenvalue weighted by Gasteiger charge is 2.26. The van der Waals surface area contributed by atoms with Crippen molar-refractivity contribution in [2.45, 2.75) is 17.3 Å². The maximum absolute atomic E-state index is 12.5. The van der Waals surface area contributed by atoms with E-state index in [2.05, 4.69) is 20.9 Å². The number of hydrogen-bond donors (Lipinski definition) is 0. The number of hydrogen-bond acceptors (Lipinski definition) is 6. The van der Waals surface area contributed by atoms with Crippen LogP contribution in [0.15, 0.2) is 62.8 Å². The highest BCUT2D eigenvalue weighted by atomic mass is 79.9. The van der Waals surface area contributed by atoms with Gasteiger partial charge < -0.3 is 4.74 Å². The topological polar surface area (TPSA) is 94.8 Å². The summed E-state index contributed by atoms with van der Waals surface area (Å²) in [6, 6.07) is 8.46. The number of sulfone groups is 1. The van der Waals surface area contributed by atoms with Gasteiger partial charge in [-0.1, -0.05) is 0 Å². The molecule has 0 aliphatic heterocycles. The number of rotatable bonds is 5. The minimum Gasteiger partial charge on any atom is -0.456 e. The van der Waals surface area contributed by atoms with Crippen molar-refractivity contribution in [1.29, 1.82) is 0 Å². The highest BCUT2D eigenvalue weighted by molar-refractivity contribution is 9.10. The zero-order valence-corrected chi connectivity index (χ0v) is 16.3. The van der Waals surface area contributed by atoms with E-state index in [-0.39, 0.29) is 23.4 Å². The molecule has 0 aliphatic carbocycles. The standard InChI is InChI=1S/C17H11BrF2N2O5S/c18-11-3-6-14-21-12(7-15(23)22(14)8-11)9-27-16(24)10-1-4-13(5-2-10)28(25,26)17(19)20/h1-8,17H,9H2. The van der Waals surface area contributed by atoms with Gasteiger partial charge in [-0.3, -0.25) is 9.20 Å². The summed E-state index contributed by atoms with van der Waals surface area (Å²) < 4.78 is 54.9. The molecule has 1 aromatic carbocycles. The quantitative estimate of drug-likeness (QED) is 0.529. The molecule has 3 aromatic rings. The summed E-state index contributed by atoms with van der Waals surface area (Å²) in [5, 5.41) is 0. The molecule has 0 aliphatic rings. The third-order valence-corrected chi connectivity index (χ3v) is 5.55. The maximum atomic E-state index is 12.5. The first kappa shape index (κ1) is 20.1. The van der Waals surface area contributed by atoms with Crippen molar-refractivity contribution in [1.82, 2.24) is 9.38 Å². The zero-order valence-electron chi connectivity index (χ0n) is 13.9. The van der Waals surface area contributed by atoms with Gasteiger partial charge in [-0.15, -0.1) is 0 Å². The van der Waals surface area contributed by atoms with Crippen molar-refractivity contribution in [3.8, 4) is 0 Å². The summed E-state index contributed by atoms with van der Waals surface area (Å²) in [5.41, 5.74) is 0.189. The second kappa shape index (κ2) is 7.76. The van der Waals surface area contributed by atoms with Crippen molar-refractivity contribution in [2.24, 2.45) is 0 Å². The van der Waals surface area contributed by atoms with Gasteiger partial charge in [-0.2, -0.15) is 8.78 Å². The Hall–Kier alpha value is -2.66. The van der Waals surface area contributed by atoms with Crippen molar-refractivity contribution in [2.75, 3.05) is 0 Å². The number of carbonyl (C=O) groups is 1. The molecule has 0 radical (unpaired) electrons. The first-order chi connectivity index (χ1) is 13.2. The monoisotopic (exact) mass is 472 g/mol. The first-order valence-corrected chi connectivity index (χ1v) is 9.99. The molecule has 2 heterocycles. The molecule has 7 nitrogen and oxygen atoms in total. The summed E-state index contributed by atoms with van der Waals surface area (Å²) >= 11 is 3.25. The highest BCUT2D eigenvalue weighted by Crippen LogP contribution is 2.19. The van der Waals surface area contributed by atoms with E-state index >= 15 is 0 Å². The van der Waals surface area contributed by atoms with Crippen molar-refractivity contribution >= 4 is 37.4 Å². The number of esters is 1. The average Bonchev–Trinajstić information content (AvgIpc) is 2.66. The Bertz CT molecular complexity index is 1210. The summed E-state index contributed by atoms with van der Waals surface area (Å²) in [7, 11) is -4.74. The molecular formula is C17H11BrF2N2O5S. The minimum atomic E-state index is -4.74. The van der Waals surface area contributed by atoms with Gasteiger partial charge in [0.05, 0.1) is 16.2 Å². The molecule has 0 atom stereocenters. The van der Waals surface area contributed by atoms with Crippen LogP contribution in [0.25, 0.3) is 5.65 Å². The van der Waals surface area contributed by atoms with Gasteiger partial charge in [0, 0.05) is 16.7 Å². The summed E-state index contributed by atoms with van der Waals surface area (Å²) in [6.07, 6.45) is 1.55. The molecule has 28 heavy (non-hydrogen) atoms. The number of pyridine rings is 1. The molecule has 0 spiro atoms. The van der Waals surface area contributed by atoms with Crippen LogP contribution in [0, 0.1) is 0 Å². The van der Waals surface area contributed by atoms with Gasteiger partial charge in [0.2, 0.25) is 9.84 Å². The van der Waals surface area contributed by atoms with E-state index in [0.29, 0.717) is 10.1 Å². The van der Waals surface area contributed by atoms with Crippen LogP contribution in [0.1, 0.15) is 16.1 Å². The summed E-state index contributed by atoms with van der Waals surface area (Å²) in [4.78, 5) is 27.8. The lowest BCUT2D eigenvalue weighted by molar-refractivity contribution is 0.0467. The van der Waals surface area contributed by atoms with E-state index in [1.807, 2.05) is 0 Å². The zero-order chi connectivity index (χ0) is 20.5. The number of alkyl halides is 2. The van der Waals surface area contributed by atoms with Crippen LogP contribution >= 0.6 is 15.9 Å². The Labute approximate surface area is 165 Å². The van der Waals surface area contributed by atoms with E-state index in [9.17, 15) is 26.8 Å². The summed E-state index contributed by atoms with van der Waals surface area (Å²) in [6.45, 7) is -0.294. The molecule has 3 rings (SSSR count). The number of nitrogens with zero attached hydrogens (tertiary/aromatic N) is 2. The normalized spacial score (nSPS) is 11.7. The molecule has 0 saturated carbocycles. The first-order valence-electron chi connectivity index (χ1n) is 7.65. The lowest BCUT2D eigenvalue weighted by atomic mass is 10.2. The minimum absolute atomic E-state index is 0.0327. The molecule has 0 saturated heterocycles. The largest absolute Gasteiger partial charge is 0.456 e. The SMILES string of the molecule is O=C(OCc1cc(=O)n2cc(Br)ccc2n1)c1ccc(S(=O)(=O)C(F)F)cc1. The molecule has 0 bridgehead atoms. The Morgan fingerprint density at radius 2 is 1.86 bits per heavy atom. The number of fused-ring (bicyclic) bond motifs is 1. The van der Waals surface area contributed by atoms with E-state index in [1.165, 1.54) is 10.5 Å². The van der Waals surface area contributed by atoms with Crippen LogP contribution in [0.5, 0.6) is 0 Å². The van der Waals surface area contributed by atoms with Crippen LogP contribution in [-0.2, 0) is 21.2 Å². The Balaban J connectivity index is 1.75. The number of ether oxygens (including phenoxy) is 1. The predicted molar refractivity (Wildman–Crippen MR) is 97.9 cm³/mol. The van der Waals surface area contributed by atoms with Crippen LogP contribution in [-0.4, -0.2) is 29.5 Å². The fraction of sp³-hybridized carbons (Fsp3) is 0.118. The van der Waals surface area contributed by atoms with Crippen molar-refractivity contribution < 1.29 is 26.7 Å². The second-order valence-corrected chi connectivity index (χ2v) is 8.40. The van der Waals surface area contributed by atoms with Crippen molar-refractivity contribution in [3.63, 3.8) is 0 Å². The summed E-state index contributed by atoms with van der Waals surface area (Å²) in [5.74, 6) is -4.37. The lowest BCUT2D eigenvalue weighted by Crippen LogP contribution is -2.16. The molecule has 11 heteroatoms. The molecule has 0 unspecified atom stereocenters. The van der Waals surface area contributed by atoms with Crippen LogP contribution in [0.2, 0.25) is 0 Å². The van der Waals surface area contributed by atoms with Gasteiger partial charge in [-0.05, 0) is 52.3 Å². The van der Waals surface area contributed by atoms with Gasteiger partial charge in [-0.25, -0.2) is 18.2 Å². The van der Waals surface area contributed by atoms with Gasteiger partial charge in [0.15, 0.2) is 0 Å². The Morgan fingerprint density at radius 3 is 2.50 bits per heavy atom. The van der Waals surface area contributed by atoms with Crippen molar-refractivity contribution in [3.05, 3.63) is 74.7 Å². The van der Waals surface area contributed by atoms with E-state index in [1.54, 1.807) is 18.3 Å². The number of aromatic nitrogens is 2. The molecule has 0 fully saturated rings. The fourth-order valence-electron chi connectivity index (χ4n) is 2.31. The maximum Gasteiger partial charge on any atom is 0.341 e. The van der Waals surface area contributed by atoms with Gasteiger partial charge in [0.1, 0.15) is 12.3 Å². The molecule has 0 N–H and O–H groups in total. The average molecular weight is 473 g/mol. The Morgan fingerprint density at radius 1 is 1.18 bits per heavy atom. The number of benzene rings is 1. The van der Waals surface area contributed by atoms with Gasteiger partial charge in [0.25, 0.3) is 5.56 Å². The fourth-order valence-corrected chi connectivity index (χ4v) is 3.36. The Kier molecular flexibility index (Phi) is 5.57. The molecular weight excluding hydrogens is 462 g/mol. The molecule has 2 aromatic heterocycles. The van der Waals surface area contributed by atoms with Crippen LogP contribution < -0.4 is 5.56 Å². The van der Waals surface area contributed by atoms with E-state index in [4.69, 9.17) is 4.74 Å². The van der Waals surface area contributed by atoms with Gasteiger partial charge >= 0.3 is 11.7 Å². The lowest BCUT2D eigenvalue weighted by Gasteiger charge is -2.07. The number of halogens is 3. The molecule has 0 amide bonds.